The second-order valence-corrected chi connectivity index (χ2v) is 8.58. The third kappa shape index (κ3) is 4.33. The van der Waals surface area contributed by atoms with E-state index in [1.54, 1.807) is 17.0 Å². The molecule has 2 amide bonds. The van der Waals surface area contributed by atoms with Crippen LogP contribution in [0.3, 0.4) is 0 Å². The minimum Gasteiger partial charge on any atom is -0.334 e. The lowest BCUT2D eigenvalue weighted by Crippen LogP contribution is -2.46. The summed E-state index contributed by atoms with van der Waals surface area (Å²) in [5, 5.41) is 7.21. The molecule has 0 fully saturated rings. The summed E-state index contributed by atoms with van der Waals surface area (Å²) in [6, 6.07) is 20.8. The highest BCUT2D eigenvalue weighted by Gasteiger charge is 2.36. The van der Waals surface area contributed by atoms with Crippen LogP contribution in [0.15, 0.2) is 83.0 Å². The van der Waals surface area contributed by atoms with Crippen LogP contribution in [0, 0.1) is 12.7 Å². The van der Waals surface area contributed by atoms with E-state index in [2.05, 4.69) is 22.4 Å². The van der Waals surface area contributed by atoms with Crippen LogP contribution in [-0.2, 0) is 6.42 Å². The second kappa shape index (κ2) is 9.18. The number of aryl methyl sites for hydroxylation is 2. The van der Waals surface area contributed by atoms with E-state index in [1.165, 1.54) is 17.7 Å². The minimum atomic E-state index is -0.657. The van der Waals surface area contributed by atoms with Crippen molar-refractivity contribution < 1.29 is 13.7 Å². The molecule has 35 heavy (non-hydrogen) atoms. The van der Waals surface area contributed by atoms with E-state index in [4.69, 9.17) is 4.52 Å². The van der Waals surface area contributed by atoms with Gasteiger partial charge in [-0.15, -0.1) is 0 Å². The fraction of sp³-hybridized carbons (Fsp3) is 0.179. The van der Waals surface area contributed by atoms with Gasteiger partial charge in [0, 0.05) is 11.3 Å². The summed E-state index contributed by atoms with van der Waals surface area (Å²) in [7, 11) is 0. The van der Waals surface area contributed by atoms with Crippen LogP contribution in [0.1, 0.15) is 42.5 Å². The topological polar surface area (TPSA) is 71.3 Å². The van der Waals surface area contributed by atoms with Gasteiger partial charge >= 0.3 is 6.03 Å². The lowest BCUT2D eigenvalue weighted by atomic mass is 9.94. The molecule has 5 rings (SSSR count). The van der Waals surface area contributed by atoms with Crippen molar-refractivity contribution in [2.75, 3.05) is 4.90 Å². The number of benzene rings is 3. The lowest BCUT2D eigenvalue weighted by Gasteiger charge is -2.35. The Balaban J connectivity index is 1.64. The molecular weight excluding hydrogens is 443 g/mol. The van der Waals surface area contributed by atoms with Crippen LogP contribution in [0.5, 0.6) is 0 Å². The molecule has 1 aliphatic rings. The maximum atomic E-state index is 14.1. The quantitative estimate of drug-likeness (QED) is 0.365. The van der Waals surface area contributed by atoms with Gasteiger partial charge in [-0.2, -0.15) is 4.98 Å². The molecule has 0 saturated heterocycles. The molecule has 6 nitrogen and oxygen atoms in total. The van der Waals surface area contributed by atoms with E-state index in [9.17, 15) is 9.18 Å². The fourth-order valence-corrected chi connectivity index (χ4v) is 4.37. The van der Waals surface area contributed by atoms with Crippen molar-refractivity contribution in [1.29, 1.82) is 0 Å². The molecule has 7 heteroatoms. The van der Waals surface area contributed by atoms with E-state index >= 15 is 0 Å². The van der Waals surface area contributed by atoms with Crippen molar-refractivity contribution in [2.45, 2.75) is 33.2 Å². The van der Waals surface area contributed by atoms with E-state index in [0.717, 1.165) is 17.5 Å². The van der Waals surface area contributed by atoms with Crippen molar-refractivity contribution in [3.05, 3.63) is 107 Å². The number of nitrogens with one attached hydrogen (secondary N) is 1. The summed E-state index contributed by atoms with van der Waals surface area (Å²) in [4.78, 5) is 19.5. The highest BCUT2D eigenvalue weighted by atomic mass is 19.1. The second-order valence-electron chi connectivity index (χ2n) is 8.58. The minimum absolute atomic E-state index is 0.268. The fourth-order valence-electron chi connectivity index (χ4n) is 4.37. The zero-order valence-corrected chi connectivity index (χ0v) is 19.7. The number of urea groups is 1. The van der Waals surface area contributed by atoms with Gasteiger partial charge < -0.3 is 9.84 Å². The van der Waals surface area contributed by atoms with E-state index < -0.39 is 11.9 Å². The number of hydrogen-bond donors (Lipinski definition) is 1. The average molecular weight is 469 g/mol. The first kappa shape index (κ1) is 22.5. The molecule has 0 spiro atoms. The standard InChI is InChI=1S/C28H25FN4O2/c1-4-19-11-13-20(14-12-19)26-31-27(35-32-26)24-18(3)33(23-10-5-7-17(2)15-23)28(34)30-25(24)21-8-6-9-22(29)16-21/h5-16,25H,4H2,1-3H3,(H,30,34). The maximum absolute atomic E-state index is 14.1. The number of allylic oxidation sites excluding steroid dienone is 1. The Hall–Kier alpha value is -4.26. The molecule has 0 aliphatic carbocycles. The van der Waals surface area contributed by atoms with Gasteiger partial charge in [-0.05, 0) is 61.2 Å². The van der Waals surface area contributed by atoms with Gasteiger partial charge in [-0.3, -0.25) is 4.90 Å². The summed E-state index contributed by atoms with van der Waals surface area (Å²) >= 11 is 0. The molecule has 176 valence electrons. The van der Waals surface area contributed by atoms with Crippen LogP contribution >= 0.6 is 0 Å². The van der Waals surface area contributed by atoms with Gasteiger partial charge in [-0.1, -0.05) is 60.6 Å². The number of hydrogen-bond acceptors (Lipinski definition) is 4. The number of rotatable bonds is 5. The predicted molar refractivity (Wildman–Crippen MR) is 133 cm³/mol. The van der Waals surface area contributed by atoms with E-state index in [0.29, 0.717) is 28.3 Å². The number of nitrogens with zero attached hydrogens (tertiary/aromatic N) is 3. The monoisotopic (exact) mass is 468 g/mol. The first-order valence-electron chi connectivity index (χ1n) is 11.5. The molecule has 0 saturated carbocycles. The third-order valence-electron chi connectivity index (χ3n) is 6.20. The summed E-state index contributed by atoms with van der Waals surface area (Å²) in [5.41, 5.74) is 5.60. The molecule has 1 atom stereocenters. The van der Waals surface area contributed by atoms with Crippen molar-refractivity contribution in [2.24, 2.45) is 0 Å². The van der Waals surface area contributed by atoms with Gasteiger partial charge in [-0.25, -0.2) is 9.18 Å². The molecule has 1 unspecified atom stereocenters. The lowest BCUT2D eigenvalue weighted by molar-refractivity contribution is 0.244. The third-order valence-corrected chi connectivity index (χ3v) is 6.20. The molecule has 1 aliphatic heterocycles. The normalized spacial score (nSPS) is 15.9. The van der Waals surface area contributed by atoms with Crippen molar-refractivity contribution in [3.8, 4) is 11.4 Å². The molecule has 1 aromatic heterocycles. The first-order valence-corrected chi connectivity index (χ1v) is 11.5. The zero-order chi connectivity index (χ0) is 24.5. The number of carbonyl (C=O) groups is 1. The molecule has 4 aromatic rings. The number of carbonyl (C=O) groups excluding carboxylic acids is 1. The van der Waals surface area contributed by atoms with Gasteiger partial charge in [0.05, 0.1) is 17.3 Å². The van der Waals surface area contributed by atoms with Crippen LogP contribution < -0.4 is 10.2 Å². The molecule has 1 N–H and O–H groups in total. The van der Waals surface area contributed by atoms with Crippen molar-refractivity contribution in [3.63, 3.8) is 0 Å². The number of aromatic nitrogens is 2. The largest absolute Gasteiger partial charge is 0.334 e. The molecule has 3 aromatic carbocycles. The molecule has 0 radical (unpaired) electrons. The van der Waals surface area contributed by atoms with E-state index in [1.807, 2.05) is 62.4 Å². The SMILES string of the molecule is CCc1ccc(-c2noc(C3=C(C)N(c4cccc(C)c4)C(=O)NC3c3cccc(F)c3)n2)cc1. The Morgan fingerprint density at radius 2 is 1.80 bits per heavy atom. The van der Waals surface area contributed by atoms with Gasteiger partial charge in [0.2, 0.25) is 5.82 Å². The summed E-state index contributed by atoms with van der Waals surface area (Å²) in [5.74, 6) is 0.320. The van der Waals surface area contributed by atoms with E-state index in [-0.39, 0.29) is 11.9 Å². The summed E-state index contributed by atoms with van der Waals surface area (Å²) in [6.45, 7) is 5.90. The Bertz CT molecular complexity index is 1420. The smallest absolute Gasteiger partial charge is 0.326 e. The Labute approximate surface area is 203 Å². The molecular formula is C28H25FN4O2. The van der Waals surface area contributed by atoms with Crippen LogP contribution in [0.25, 0.3) is 17.0 Å². The Kier molecular flexibility index (Phi) is 5.91. The molecule has 0 bridgehead atoms. The van der Waals surface area contributed by atoms with Gasteiger partial charge in [0.1, 0.15) is 5.82 Å². The average Bonchev–Trinajstić information content (AvgIpc) is 3.33. The summed E-state index contributed by atoms with van der Waals surface area (Å²) < 4.78 is 19.8. The maximum Gasteiger partial charge on any atom is 0.326 e. The first-order chi connectivity index (χ1) is 16.9. The van der Waals surface area contributed by atoms with Crippen LogP contribution in [0.4, 0.5) is 14.9 Å². The van der Waals surface area contributed by atoms with Crippen molar-refractivity contribution >= 4 is 17.3 Å². The highest BCUT2D eigenvalue weighted by Crippen LogP contribution is 2.39. The van der Waals surface area contributed by atoms with Crippen LogP contribution in [-0.4, -0.2) is 16.2 Å². The van der Waals surface area contributed by atoms with Crippen LogP contribution in [0.2, 0.25) is 0 Å². The summed E-state index contributed by atoms with van der Waals surface area (Å²) in [6.07, 6.45) is 0.938. The van der Waals surface area contributed by atoms with Gasteiger partial charge in [0.25, 0.3) is 5.89 Å². The van der Waals surface area contributed by atoms with Gasteiger partial charge in [0.15, 0.2) is 0 Å². The Morgan fingerprint density at radius 3 is 2.51 bits per heavy atom. The highest BCUT2D eigenvalue weighted by molar-refractivity contribution is 6.01. The number of halogens is 1. The Morgan fingerprint density at radius 1 is 1.03 bits per heavy atom. The number of amides is 2. The zero-order valence-electron chi connectivity index (χ0n) is 19.7. The number of anilines is 1. The van der Waals surface area contributed by atoms with Crippen molar-refractivity contribution in [1.82, 2.24) is 15.5 Å². The molecule has 2 heterocycles. The predicted octanol–water partition coefficient (Wildman–Crippen LogP) is 6.45.